The average Bonchev–Trinajstić information content (AvgIpc) is 3.53. The highest BCUT2D eigenvalue weighted by atomic mass is 32.2. The number of nitrogens with one attached hydrogen (secondary N) is 1. The van der Waals surface area contributed by atoms with Crippen LogP contribution >= 0.6 is 11.8 Å². The maximum Gasteiger partial charge on any atom is 0.260 e. The van der Waals surface area contributed by atoms with E-state index in [9.17, 15) is 13.6 Å². The lowest BCUT2D eigenvalue weighted by atomic mass is 9.94. The molecule has 2 aromatic carbocycles. The second-order valence-corrected chi connectivity index (χ2v) is 11.4. The molecule has 2 unspecified atom stereocenters. The second-order valence-electron chi connectivity index (χ2n) is 10.4. The van der Waals surface area contributed by atoms with Crippen LogP contribution in [0.15, 0.2) is 46.2 Å². The zero-order valence-electron chi connectivity index (χ0n) is 22.5. The Morgan fingerprint density at radius 2 is 1.82 bits per heavy atom. The summed E-state index contributed by atoms with van der Waals surface area (Å²) in [6.45, 7) is 4.26. The number of hydrogen-bond acceptors (Lipinski definition) is 5. The molecule has 2 aliphatic heterocycles. The number of halogens is 3. The quantitative estimate of drug-likeness (QED) is 0.349. The van der Waals surface area contributed by atoms with Gasteiger partial charge in [-0.1, -0.05) is 18.2 Å². The molecular weight excluding hydrogens is 523 g/mol. The standard InChI is InChI=1S/C30H34F3N3O2S/c1-18-22(15-23-24(31)9-5-10-25(23)32)30-36(29(37)27(18)21-8-4-11-26(38-3)28(21)33)20(17-39-30)16-34-13-12-19-7-6-14-35(19)2/h4-5,8-11,19-20,34H,6-7,12-17H2,1-3H3. The van der Waals surface area contributed by atoms with Crippen LogP contribution in [0.5, 0.6) is 5.75 Å². The van der Waals surface area contributed by atoms with E-state index in [1.165, 1.54) is 56.0 Å². The molecule has 1 aromatic heterocycles. The molecule has 1 saturated heterocycles. The molecule has 9 heteroatoms. The summed E-state index contributed by atoms with van der Waals surface area (Å²) >= 11 is 1.51. The molecule has 3 aromatic rings. The van der Waals surface area contributed by atoms with Crippen molar-refractivity contribution in [3.8, 4) is 16.9 Å². The predicted molar refractivity (Wildman–Crippen MR) is 149 cm³/mol. The Hall–Kier alpha value is -2.75. The van der Waals surface area contributed by atoms with Crippen molar-refractivity contribution in [3.63, 3.8) is 0 Å². The van der Waals surface area contributed by atoms with Crippen molar-refractivity contribution < 1.29 is 17.9 Å². The fourth-order valence-electron chi connectivity index (χ4n) is 5.86. The van der Waals surface area contributed by atoms with E-state index in [1.54, 1.807) is 23.6 Å². The fourth-order valence-corrected chi connectivity index (χ4v) is 7.25. The number of aromatic nitrogens is 1. The van der Waals surface area contributed by atoms with Gasteiger partial charge >= 0.3 is 0 Å². The van der Waals surface area contributed by atoms with Gasteiger partial charge in [-0.25, -0.2) is 13.2 Å². The van der Waals surface area contributed by atoms with Gasteiger partial charge in [0.05, 0.1) is 23.7 Å². The monoisotopic (exact) mass is 557 g/mol. The highest BCUT2D eigenvalue weighted by molar-refractivity contribution is 7.99. The number of likely N-dealkylation sites (tertiary alicyclic amines) is 1. The van der Waals surface area contributed by atoms with E-state index in [4.69, 9.17) is 4.74 Å². The molecule has 5 rings (SSSR count). The molecule has 0 radical (unpaired) electrons. The lowest BCUT2D eigenvalue weighted by Gasteiger charge is -2.22. The van der Waals surface area contributed by atoms with Crippen molar-refractivity contribution in [2.45, 2.75) is 49.7 Å². The molecule has 5 nitrogen and oxygen atoms in total. The van der Waals surface area contributed by atoms with Crippen LogP contribution in [0.4, 0.5) is 13.2 Å². The molecule has 0 spiro atoms. The van der Waals surface area contributed by atoms with Crippen molar-refractivity contribution in [2.75, 3.05) is 39.5 Å². The van der Waals surface area contributed by atoms with E-state index in [0.717, 1.165) is 19.5 Å². The largest absolute Gasteiger partial charge is 0.494 e. The molecule has 39 heavy (non-hydrogen) atoms. The molecule has 0 aliphatic carbocycles. The lowest BCUT2D eigenvalue weighted by molar-refractivity contribution is 0.292. The minimum Gasteiger partial charge on any atom is -0.494 e. The summed E-state index contributed by atoms with van der Waals surface area (Å²) in [6.07, 6.45) is 3.41. The summed E-state index contributed by atoms with van der Waals surface area (Å²) in [6, 6.07) is 8.87. The Morgan fingerprint density at radius 1 is 1.08 bits per heavy atom. The van der Waals surface area contributed by atoms with Gasteiger partial charge in [0.15, 0.2) is 11.6 Å². The van der Waals surface area contributed by atoms with E-state index in [1.807, 2.05) is 0 Å². The number of nitrogens with zero attached hydrogens (tertiary/aromatic N) is 2. The topological polar surface area (TPSA) is 46.5 Å². The van der Waals surface area contributed by atoms with Crippen molar-refractivity contribution in [2.24, 2.45) is 0 Å². The highest BCUT2D eigenvalue weighted by Gasteiger charge is 2.32. The number of rotatable bonds is 9. The zero-order valence-corrected chi connectivity index (χ0v) is 23.3. The van der Waals surface area contributed by atoms with Gasteiger partial charge in [0.25, 0.3) is 5.56 Å². The summed E-state index contributed by atoms with van der Waals surface area (Å²) < 4.78 is 51.8. The maximum atomic E-state index is 15.5. The number of benzene rings is 2. The van der Waals surface area contributed by atoms with Crippen LogP contribution in [0, 0.1) is 24.4 Å². The second kappa shape index (κ2) is 11.8. The van der Waals surface area contributed by atoms with Crippen molar-refractivity contribution in [3.05, 3.63) is 80.9 Å². The van der Waals surface area contributed by atoms with Gasteiger partial charge < -0.3 is 15.0 Å². The fraction of sp³-hybridized carbons (Fsp3) is 0.433. The van der Waals surface area contributed by atoms with Gasteiger partial charge in [-0.2, -0.15) is 0 Å². The predicted octanol–water partition coefficient (Wildman–Crippen LogP) is 5.56. The SMILES string of the molecule is COc1cccc(-c2c(C)c(Cc3c(F)cccc3F)c3n(c2=O)C(CNCCC2CCCN2C)CS3)c1F. The van der Waals surface area contributed by atoms with Crippen molar-refractivity contribution >= 4 is 11.8 Å². The van der Waals surface area contributed by atoms with Crippen LogP contribution in [0.2, 0.25) is 0 Å². The zero-order chi connectivity index (χ0) is 27.7. The molecule has 3 heterocycles. The lowest BCUT2D eigenvalue weighted by Crippen LogP contribution is -2.35. The first-order valence-corrected chi connectivity index (χ1v) is 14.4. The maximum absolute atomic E-state index is 15.5. The number of methoxy groups -OCH3 is 1. The minimum absolute atomic E-state index is 0.0305. The summed E-state index contributed by atoms with van der Waals surface area (Å²) in [7, 11) is 3.53. The third-order valence-electron chi connectivity index (χ3n) is 8.09. The smallest absolute Gasteiger partial charge is 0.260 e. The molecule has 2 aliphatic rings. The van der Waals surface area contributed by atoms with Crippen molar-refractivity contribution in [1.82, 2.24) is 14.8 Å². The van der Waals surface area contributed by atoms with Gasteiger partial charge in [-0.15, -0.1) is 11.8 Å². The molecule has 0 saturated carbocycles. The van der Waals surface area contributed by atoms with E-state index in [2.05, 4.69) is 17.3 Å². The number of ether oxygens (including phenoxy) is 1. The Kier molecular flexibility index (Phi) is 8.40. The Bertz CT molecular complexity index is 1410. The molecule has 1 N–H and O–H groups in total. The van der Waals surface area contributed by atoms with Crippen LogP contribution in [0.1, 0.15) is 42.0 Å². The van der Waals surface area contributed by atoms with Crippen molar-refractivity contribution in [1.29, 1.82) is 0 Å². The van der Waals surface area contributed by atoms with E-state index >= 15 is 4.39 Å². The summed E-state index contributed by atoms with van der Waals surface area (Å²) in [5.74, 6) is -1.26. The highest BCUT2D eigenvalue weighted by Crippen LogP contribution is 2.40. The molecular formula is C30H34F3N3O2S. The minimum atomic E-state index is -0.647. The first-order chi connectivity index (χ1) is 18.8. The molecule has 2 atom stereocenters. The first kappa shape index (κ1) is 27.8. The van der Waals surface area contributed by atoms with Crippen LogP contribution in [-0.4, -0.2) is 55.1 Å². The number of pyridine rings is 1. The van der Waals surface area contributed by atoms with Gasteiger partial charge in [0.1, 0.15) is 11.6 Å². The summed E-state index contributed by atoms with van der Waals surface area (Å²) in [5.41, 5.74) is 1.10. The van der Waals surface area contributed by atoms with Crippen LogP contribution in [-0.2, 0) is 6.42 Å². The van der Waals surface area contributed by atoms with Crippen LogP contribution < -0.4 is 15.6 Å². The number of hydrogen-bond donors (Lipinski definition) is 1. The average molecular weight is 558 g/mol. The van der Waals surface area contributed by atoms with Gasteiger partial charge in [0, 0.05) is 35.9 Å². The normalized spacial score (nSPS) is 19.0. The third-order valence-corrected chi connectivity index (χ3v) is 9.36. The van der Waals surface area contributed by atoms with Gasteiger partial charge in [-0.05, 0) is 75.6 Å². The Labute approximate surface area is 231 Å². The Morgan fingerprint density at radius 3 is 2.51 bits per heavy atom. The molecule has 0 bridgehead atoms. The van der Waals surface area contributed by atoms with E-state index < -0.39 is 17.5 Å². The summed E-state index contributed by atoms with van der Waals surface area (Å²) in [4.78, 5) is 16.4. The van der Waals surface area contributed by atoms with Gasteiger partial charge in [-0.3, -0.25) is 9.36 Å². The van der Waals surface area contributed by atoms with Crippen LogP contribution in [0.3, 0.4) is 0 Å². The molecule has 208 valence electrons. The van der Waals surface area contributed by atoms with E-state index in [0.29, 0.717) is 34.5 Å². The van der Waals surface area contributed by atoms with Crippen LogP contribution in [0.25, 0.3) is 11.1 Å². The van der Waals surface area contributed by atoms with E-state index in [-0.39, 0.29) is 40.5 Å². The first-order valence-electron chi connectivity index (χ1n) is 13.4. The Balaban J connectivity index is 1.55. The number of thioether (sulfide) groups is 1. The van der Waals surface area contributed by atoms with Gasteiger partial charge in [0.2, 0.25) is 0 Å². The summed E-state index contributed by atoms with van der Waals surface area (Å²) in [5, 5.41) is 4.21. The molecule has 1 fully saturated rings. The molecule has 0 amide bonds. The third kappa shape index (κ3) is 5.36. The number of fused-ring (bicyclic) bond motifs is 1.